The highest BCUT2D eigenvalue weighted by Crippen LogP contribution is 2.22. The van der Waals surface area contributed by atoms with Crippen molar-refractivity contribution < 1.29 is 9.59 Å². The number of amides is 2. The minimum Gasteiger partial charge on any atom is -0.341 e. The number of likely N-dealkylation sites (tertiary alicyclic amines) is 2. The third-order valence-corrected chi connectivity index (χ3v) is 4.82. The molecule has 2 aliphatic heterocycles. The topological polar surface area (TPSA) is 75.5 Å². The lowest BCUT2D eigenvalue weighted by Gasteiger charge is -2.27. The molecule has 2 amide bonds. The molecular weight excluding hydrogens is 308 g/mol. The number of aromatic nitrogens is 2. The summed E-state index contributed by atoms with van der Waals surface area (Å²) in [7, 11) is 0. The van der Waals surface area contributed by atoms with E-state index in [0.29, 0.717) is 25.9 Å². The molecule has 7 nitrogen and oxygen atoms in total. The van der Waals surface area contributed by atoms with Crippen LogP contribution < -0.4 is 5.56 Å². The summed E-state index contributed by atoms with van der Waals surface area (Å²) < 4.78 is 1.37. The maximum atomic E-state index is 12.6. The summed E-state index contributed by atoms with van der Waals surface area (Å²) >= 11 is 0. The van der Waals surface area contributed by atoms with Crippen LogP contribution in [0.5, 0.6) is 0 Å². The van der Waals surface area contributed by atoms with Crippen LogP contribution in [-0.4, -0.2) is 57.1 Å². The highest BCUT2D eigenvalue weighted by atomic mass is 16.2. The summed E-state index contributed by atoms with van der Waals surface area (Å²) in [6.45, 7) is 2.72. The second kappa shape index (κ2) is 7.59. The Morgan fingerprint density at radius 1 is 1.17 bits per heavy atom. The van der Waals surface area contributed by atoms with Crippen molar-refractivity contribution in [1.29, 1.82) is 0 Å². The van der Waals surface area contributed by atoms with Crippen LogP contribution in [0.3, 0.4) is 0 Å². The van der Waals surface area contributed by atoms with Gasteiger partial charge >= 0.3 is 0 Å². The Labute approximate surface area is 141 Å². The van der Waals surface area contributed by atoms with Crippen molar-refractivity contribution in [1.82, 2.24) is 19.6 Å². The largest absolute Gasteiger partial charge is 0.341 e. The first-order valence-electron chi connectivity index (χ1n) is 8.77. The van der Waals surface area contributed by atoms with Gasteiger partial charge in [0.2, 0.25) is 11.8 Å². The van der Waals surface area contributed by atoms with Gasteiger partial charge in [-0.25, -0.2) is 4.68 Å². The van der Waals surface area contributed by atoms with Crippen molar-refractivity contribution in [2.24, 2.45) is 0 Å². The molecule has 0 aliphatic carbocycles. The van der Waals surface area contributed by atoms with Gasteiger partial charge in [0.25, 0.3) is 5.56 Å². The molecule has 0 bridgehead atoms. The molecule has 0 spiro atoms. The lowest BCUT2D eigenvalue weighted by Crippen LogP contribution is -2.47. The fraction of sp³-hybridized carbons (Fsp3) is 0.647. The van der Waals surface area contributed by atoms with Crippen molar-refractivity contribution in [2.75, 3.05) is 19.6 Å². The zero-order valence-electron chi connectivity index (χ0n) is 13.9. The van der Waals surface area contributed by atoms with E-state index >= 15 is 0 Å². The summed E-state index contributed by atoms with van der Waals surface area (Å²) in [4.78, 5) is 40.3. The van der Waals surface area contributed by atoms with Gasteiger partial charge < -0.3 is 9.80 Å². The smallest absolute Gasteiger partial charge is 0.266 e. The van der Waals surface area contributed by atoms with E-state index in [-0.39, 0.29) is 23.4 Å². The van der Waals surface area contributed by atoms with Crippen molar-refractivity contribution in [3.63, 3.8) is 0 Å². The van der Waals surface area contributed by atoms with Crippen molar-refractivity contribution in [3.05, 3.63) is 28.7 Å². The van der Waals surface area contributed by atoms with Gasteiger partial charge in [-0.3, -0.25) is 14.4 Å². The van der Waals surface area contributed by atoms with E-state index in [4.69, 9.17) is 0 Å². The molecular formula is C17H24N4O3. The maximum absolute atomic E-state index is 12.6. The Kier molecular flexibility index (Phi) is 5.27. The lowest BCUT2D eigenvalue weighted by molar-refractivity contribution is -0.143. The first-order valence-corrected chi connectivity index (χ1v) is 8.77. The Morgan fingerprint density at radius 2 is 1.96 bits per heavy atom. The predicted octanol–water partition coefficient (Wildman–Crippen LogP) is 0.637. The molecule has 24 heavy (non-hydrogen) atoms. The molecule has 2 aliphatic rings. The van der Waals surface area contributed by atoms with Gasteiger partial charge in [-0.1, -0.05) is 0 Å². The van der Waals surface area contributed by atoms with Gasteiger partial charge in [-0.2, -0.15) is 5.10 Å². The second-order valence-electron chi connectivity index (χ2n) is 6.47. The Hall–Kier alpha value is -2.18. The molecule has 2 saturated heterocycles. The summed E-state index contributed by atoms with van der Waals surface area (Å²) in [5.74, 6) is 0.119. The van der Waals surface area contributed by atoms with Crippen LogP contribution >= 0.6 is 0 Å². The molecule has 3 rings (SSSR count). The summed E-state index contributed by atoms with van der Waals surface area (Å²) in [5.41, 5.74) is -0.159. The van der Waals surface area contributed by atoms with Gasteiger partial charge in [0.1, 0.15) is 6.04 Å². The van der Waals surface area contributed by atoms with E-state index in [9.17, 15) is 14.4 Å². The van der Waals surface area contributed by atoms with Crippen LogP contribution in [0.25, 0.3) is 0 Å². The number of nitrogens with zero attached hydrogens (tertiary/aromatic N) is 4. The van der Waals surface area contributed by atoms with Gasteiger partial charge in [0, 0.05) is 44.9 Å². The van der Waals surface area contributed by atoms with Crippen LogP contribution in [0.4, 0.5) is 0 Å². The number of rotatable bonds is 5. The lowest BCUT2D eigenvalue weighted by atomic mass is 10.2. The first kappa shape index (κ1) is 16.7. The SMILES string of the molecule is O=C([C@@H]1CCCN1C(=O)CCCn1ncccc1=O)N1CCCC1. The second-order valence-corrected chi connectivity index (χ2v) is 6.47. The summed E-state index contributed by atoms with van der Waals surface area (Å²) in [6.07, 6.45) is 6.23. The minimum absolute atomic E-state index is 0.00836. The average molecular weight is 332 g/mol. The fourth-order valence-electron chi connectivity index (χ4n) is 3.55. The molecule has 3 heterocycles. The number of aryl methyl sites for hydroxylation is 1. The van der Waals surface area contributed by atoms with Crippen molar-refractivity contribution >= 4 is 11.8 Å². The predicted molar refractivity (Wildman–Crippen MR) is 88.3 cm³/mol. The fourth-order valence-corrected chi connectivity index (χ4v) is 3.55. The molecule has 130 valence electrons. The molecule has 1 aromatic rings. The minimum atomic E-state index is -0.284. The summed E-state index contributed by atoms with van der Waals surface area (Å²) in [6, 6.07) is 2.77. The van der Waals surface area contributed by atoms with Crippen LogP contribution in [0.1, 0.15) is 38.5 Å². The van der Waals surface area contributed by atoms with E-state index in [0.717, 1.165) is 38.8 Å². The van der Waals surface area contributed by atoms with E-state index in [1.165, 1.54) is 10.7 Å². The monoisotopic (exact) mass is 332 g/mol. The van der Waals surface area contributed by atoms with Crippen LogP contribution in [0.15, 0.2) is 23.1 Å². The van der Waals surface area contributed by atoms with E-state index < -0.39 is 0 Å². The number of hydrogen-bond acceptors (Lipinski definition) is 4. The average Bonchev–Trinajstić information content (AvgIpc) is 3.27. The molecule has 1 atom stereocenters. The molecule has 1 aromatic heterocycles. The normalized spacial score (nSPS) is 20.6. The number of carbonyl (C=O) groups excluding carboxylic acids is 2. The zero-order valence-corrected chi connectivity index (χ0v) is 13.9. The van der Waals surface area contributed by atoms with E-state index in [1.807, 2.05) is 4.90 Å². The number of carbonyl (C=O) groups is 2. The van der Waals surface area contributed by atoms with Gasteiger partial charge in [0.05, 0.1) is 0 Å². The van der Waals surface area contributed by atoms with Crippen LogP contribution in [0, 0.1) is 0 Å². The standard InChI is InChI=1S/C17H24N4O3/c22-15(8-5-13-21-16(23)7-3-9-18-21)20-12-4-6-14(20)17(24)19-10-1-2-11-19/h3,7,9,14H,1-2,4-6,8,10-13H2/t14-/m0/s1. The molecule has 0 unspecified atom stereocenters. The van der Waals surface area contributed by atoms with Crippen molar-refractivity contribution in [3.8, 4) is 0 Å². The van der Waals surface area contributed by atoms with E-state index in [2.05, 4.69) is 5.10 Å². The number of hydrogen-bond donors (Lipinski definition) is 0. The third kappa shape index (κ3) is 3.66. The van der Waals surface area contributed by atoms with Gasteiger partial charge in [0.15, 0.2) is 0 Å². The third-order valence-electron chi connectivity index (χ3n) is 4.82. The zero-order chi connectivity index (χ0) is 16.9. The Morgan fingerprint density at radius 3 is 2.71 bits per heavy atom. The first-order chi connectivity index (χ1) is 11.7. The quantitative estimate of drug-likeness (QED) is 0.793. The maximum Gasteiger partial charge on any atom is 0.266 e. The molecule has 0 aromatic carbocycles. The van der Waals surface area contributed by atoms with Gasteiger partial charge in [-0.15, -0.1) is 0 Å². The molecule has 7 heteroatoms. The highest BCUT2D eigenvalue weighted by molar-refractivity contribution is 5.88. The van der Waals surface area contributed by atoms with E-state index in [1.54, 1.807) is 17.2 Å². The van der Waals surface area contributed by atoms with Gasteiger partial charge in [-0.05, 0) is 38.2 Å². The Balaban J connectivity index is 1.53. The Bertz CT molecular complexity index is 651. The highest BCUT2D eigenvalue weighted by Gasteiger charge is 2.36. The molecule has 2 fully saturated rings. The summed E-state index contributed by atoms with van der Waals surface area (Å²) in [5, 5.41) is 3.99. The van der Waals surface area contributed by atoms with Crippen molar-refractivity contribution in [2.45, 2.75) is 51.1 Å². The molecule has 0 saturated carbocycles. The molecule has 0 radical (unpaired) electrons. The van der Waals surface area contributed by atoms with Crippen LogP contribution in [0.2, 0.25) is 0 Å². The van der Waals surface area contributed by atoms with Crippen LogP contribution in [-0.2, 0) is 16.1 Å². The molecule has 0 N–H and O–H groups in total.